The first-order valence-electron chi connectivity index (χ1n) is 8.49. The maximum atomic E-state index is 12.4. The number of thioether (sulfide) groups is 1. The molecule has 1 aliphatic rings. The lowest BCUT2D eigenvalue weighted by Gasteiger charge is -2.34. The fourth-order valence-corrected chi connectivity index (χ4v) is 4.23. The molecule has 1 amide bonds. The number of carbonyl (C=O) groups excluding carboxylic acids is 1. The molecule has 2 aromatic carbocycles. The predicted molar refractivity (Wildman–Crippen MR) is 102 cm³/mol. The van der Waals surface area contributed by atoms with Gasteiger partial charge in [0.15, 0.2) is 0 Å². The molecule has 1 N–H and O–H groups in total. The number of benzene rings is 2. The van der Waals surface area contributed by atoms with Crippen LogP contribution >= 0.6 is 11.8 Å². The minimum absolute atomic E-state index is 0.0785. The van der Waals surface area contributed by atoms with Gasteiger partial charge in [-0.1, -0.05) is 43.3 Å². The van der Waals surface area contributed by atoms with Crippen molar-refractivity contribution in [1.29, 1.82) is 0 Å². The van der Waals surface area contributed by atoms with Crippen molar-refractivity contribution >= 4 is 23.4 Å². The molecule has 3 nitrogen and oxygen atoms in total. The molecule has 3 rings (SSSR count). The summed E-state index contributed by atoms with van der Waals surface area (Å²) in [4.78, 5) is 15.9. The van der Waals surface area contributed by atoms with Crippen LogP contribution in [0.25, 0.3) is 0 Å². The maximum absolute atomic E-state index is 12.4. The monoisotopic (exact) mass is 340 g/mol. The van der Waals surface area contributed by atoms with Crippen LogP contribution in [0.1, 0.15) is 24.5 Å². The standard InChI is InChI=1S/C20H24N2OS/c1-3-17-13-22(18-10-6-7-11-19(18)24-17)14-20(23)21-12-16-9-5-4-8-15(16)2/h4-11,17H,3,12-14H2,1-2H3,(H,21,23). The Morgan fingerprint density at radius 3 is 2.75 bits per heavy atom. The maximum Gasteiger partial charge on any atom is 0.239 e. The summed E-state index contributed by atoms with van der Waals surface area (Å²) in [5, 5.41) is 3.61. The van der Waals surface area contributed by atoms with Gasteiger partial charge in [-0.2, -0.15) is 0 Å². The summed E-state index contributed by atoms with van der Waals surface area (Å²) >= 11 is 1.93. The van der Waals surface area contributed by atoms with Gasteiger partial charge in [-0.05, 0) is 36.6 Å². The number of amides is 1. The third-order valence-electron chi connectivity index (χ3n) is 4.45. The predicted octanol–water partition coefficient (Wildman–Crippen LogP) is 4.00. The highest BCUT2D eigenvalue weighted by atomic mass is 32.2. The average Bonchev–Trinajstić information content (AvgIpc) is 2.61. The van der Waals surface area contributed by atoms with Crippen molar-refractivity contribution in [1.82, 2.24) is 5.32 Å². The normalized spacial score (nSPS) is 16.6. The van der Waals surface area contributed by atoms with E-state index in [4.69, 9.17) is 0 Å². The Hall–Kier alpha value is -1.94. The quantitative estimate of drug-likeness (QED) is 0.893. The second-order valence-corrected chi connectivity index (χ2v) is 7.54. The smallest absolute Gasteiger partial charge is 0.239 e. The number of hydrogen-bond donors (Lipinski definition) is 1. The molecule has 0 bridgehead atoms. The molecule has 1 atom stereocenters. The summed E-state index contributed by atoms with van der Waals surface area (Å²) in [6.45, 7) is 6.22. The number of para-hydroxylation sites is 1. The first-order chi connectivity index (χ1) is 11.7. The summed E-state index contributed by atoms with van der Waals surface area (Å²) < 4.78 is 0. The molecule has 1 aliphatic heterocycles. The van der Waals surface area contributed by atoms with Crippen LogP contribution in [-0.2, 0) is 11.3 Å². The van der Waals surface area contributed by atoms with E-state index in [1.54, 1.807) is 0 Å². The third-order valence-corrected chi connectivity index (χ3v) is 5.87. The van der Waals surface area contributed by atoms with E-state index >= 15 is 0 Å². The van der Waals surface area contributed by atoms with Gasteiger partial charge in [0, 0.05) is 23.2 Å². The minimum Gasteiger partial charge on any atom is -0.360 e. The second-order valence-electron chi connectivity index (χ2n) is 6.20. The highest BCUT2D eigenvalue weighted by Gasteiger charge is 2.25. The van der Waals surface area contributed by atoms with Crippen molar-refractivity contribution in [3.8, 4) is 0 Å². The van der Waals surface area contributed by atoms with Crippen molar-refractivity contribution < 1.29 is 4.79 Å². The highest BCUT2D eigenvalue weighted by molar-refractivity contribution is 8.00. The van der Waals surface area contributed by atoms with Crippen molar-refractivity contribution in [2.24, 2.45) is 0 Å². The Morgan fingerprint density at radius 2 is 1.96 bits per heavy atom. The van der Waals surface area contributed by atoms with E-state index < -0.39 is 0 Å². The van der Waals surface area contributed by atoms with Crippen LogP contribution in [0.15, 0.2) is 53.4 Å². The summed E-state index contributed by atoms with van der Waals surface area (Å²) in [7, 11) is 0. The lowest BCUT2D eigenvalue weighted by molar-refractivity contribution is -0.119. The van der Waals surface area contributed by atoms with Gasteiger partial charge >= 0.3 is 0 Å². The van der Waals surface area contributed by atoms with Crippen LogP contribution < -0.4 is 10.2 Å². The number of rotatable bonds is 5. The fourth-order valence-electron chi connectivity index (χ4n) is 2.97. The van der Waals surface area contributed by atoms with Gasteiger partial charge in [-0.25, -0.2) is 0 Å². The zero-order chi connectivity index (χ0) is 16.9. The number of nitrogens with one attached hydrogen (secondary N) is 1. The van der Waals surface area contributed by atoms with Gasteiger partial charge < -0.3 is 10.2 Å². The number of nitrogens with zero attached hydrogens (tertiary/aromatic N) is 1. The van der Waals surface area contributed by atoms with E-state index in [0.717, 1.165) is 13.0 Å². The van der Waals surface area contributed by atoms with Crippen molar-refractivity contribution in [3.63, 3.8) is 0 Å². The number of carbonyl (C=O) groups is 1. The van der Waals surface area contributed by atoms with Crippen LogP contribution in [0, 0.1) is 6.92 Å². The van der Waals surface area contributed by atoms with Crippen LogP contribution in [0.2, 0.25) is 0 Å². The molecular formula is C20H24N2OS. The summed E-state index contributed by atoms with van der Waals surface area (Å²) in [5.41, 5.74) is 3.56. The molecule has 0 fully saturated rings. The average molecular weight is 340 g/mol. The van der Waals surface area contributed by atoms with E-state index in [9.17, 15) is 4.79 Å². The zero-order valence-corrected chi connectivity index (χ0v) is 15.1. The summed E-state index contributed by atoms with van der Waals surface area (Å²) in [6, 6.07) is 16.6. The molecule has 0 aliphatic carbocycles. The van der Waals surface area contributed by atoms with Gasteiger partial charge in [0.25, 0.3) is 0 Å². The van der Waals surface area contributed by atoms with Crippen LogP contribution in [0.4, 0.5) is 5.69 Å². The molecular weight excluding hydrogens is 316 g/mol. The summed E-state index contributed by atoms with van der Waals surface area (Å²) in [5.74, 6) is 0.0785. The molecule has 126 valence electrons. The van der Waals surface area contributed by atoms with Crippen LogP contribution in [0.3, 0.4) is 0 Å². The van der Waals surface area contributed by atoms with Gasteiger partial charge in [0.05, 0.1) is 12.2 Å². The fraction of sp³-hybridized carbons (Fsp3) is 0.350. The molecule has 4 heteroatoms. The Bertz CT molecular complexity index is 716. The molecule has 0 spiro atoms. The largest absolute Gasteiger partial charge is 0.360 e. The Morgan fingerprint density at radius 1 is 1.21 bits per heavy atom. The molecule has 0 saturated carbocycles. The lowest BCUT2D eigenvalue weighted by atomic mass is 10.1. The molecule has 2 aromatic rings. The SMILES string of the molecule is CCC1CN(CC(=O)NCc2ccccc2C)c2ccccc2S1. The number of anilines is 1. The van der Waals surface area contributed by atoms with Crippen molar-refractivity contribution in [3.05, 3.63) is 59.7 Å². The van der Waals surface area contributed by atoms with Gasteiger partial charge in [-0.3, -0.25) is 4.79 Å². The van der Waals surface area contributed by atoms with Crippen LogP contribution in [0.5, 0.6) is 0 Å². The molecule has 0 radical (unpaired) electrons. The third kappa shape index (κ3) is 3.93. The zero-order valence-electron chi connectivity index (χ0n) is 14.3. The van der Waals surface area contributed by atoms with Crippen molar-refractivity contribution in [2.75, 3.05) is 18.0 Å². The summed E-state index contributed by atoms with van der Waals surface area (Å²) in [6.07, 6.45) is 1.11. The highest BCUT2D eigenvalue weighted by Crippen LogP contribution is 2.39. The van der Waals surface area contributed by atoms with E-state index in [2.05, 4.69) is 54.4 Å². The Labute approximate surface area is 148 Å². The van der Waals surface area contributed by atoms with E-state index in [0.29, 0.717) is 18.3 Å². The molecule has 24 heavy (non-hydrogen) atoms. The first kappa shape index (κ1) is 16.9. The minimum atomic E-state index is 0.0785. The molecule has 0 aromatic heterocycles. The van der Waals surface area contributed by atoms with E-state index in [-0.39, 0.29) is 5.91 Å². The van der Waals surface area contributed by atoms with E-state index in [1.165, 1.54) is 21.7 Å². The van der Waals surface area contributed by atoms with E-state index in [1.807, 2.05) is 30.0 Å². The molecule has 1 unspecified atom stereocenters. The molecule has 0 saturated heterocycles. The Kier molecular flexibility index (Phi) is 5.46. The number of fused-ring (bicyclic) bond motifs is 1. The van der Waals surface area contributed by atoms with Crippen LogP contribution in [-0.4, -0.2) is 24.2 Å². The topological polar surface area (TPSA) is 32.3 Å². The number of aryl methyl sites for hydroxylation is 1. The van der Waals surface area contributed by atoms with Crippen molar-refractivity contribution in [2.45, 2.75) is 37.0 Å². The first-order valence-corrected chi connectivity index (χ1v) is 9.37. The number of hydrogen-bond acceptors (Lipinski definition) is 3. The Balaban J connectivity index is 1.64. The lowest BCUT2D eigenvalue weighted by Crippen LogP contribution is -2.42. The van der Waals surface area contributed by atoms with Gasteiger partial charge in [0.2, 0.25) is 5.91 Å². The second kappa shape index (κ2) is 7.75. The van der Waals surface area contributed by atoms with Gasteiger partial charge in [0.1, 0.15) is 0 Å². The van der Waals surface area contributed by atoms with Gasteiger partial charge in [-0.15, -0.1) is 11.8 Å². The molecule has 1 heterocycles.